The minimum Gasteiger partial charge on any atom is -0.305 e. The van der Waals surface area contributed by atoms with Gasteiger partial charge in [-0.3, -0.25) is 0 Å². The lowest BCUT2D eigenvalue weighted by Gasteiger charge is -2.24. The fraction of sp³-hybridized carbons (Fsp3) is 0. The summed E-state index contributed by atoms with van der Waals surface area (Å²) >= 11 is 0. The van der Waals surface area contributed by atoms with Crippen LogP contribution in [0.25, 0.3) is 0 Å². The maximum atomic E-state index is 9.25. The Kier molecular flexibility index (Phi) is 3.54. The highest BCUT2D eigenvalue weighted by Crippen LogP contribution is 2.42. The average molecular weight is 277 g/mol. The predicted octanol–water partition coefficient (Wildman–Crippen LogP) is 3.74. The Morgan fingerprint density at radius 2 is 0.700 bits per heavy atom. The van der Waals surface area contributed by atoms with E-state index in [0.29, 0.717) is 0 Å². The summed E-state index contributed by atoms with van der Waals surface area (Å²) in [5.41, 5.74) is 0. The van der Waals surface area contributed by atoms with Crippen LogP contribution in [0.5, 0.6) is 0 Å². The third-order valence-corrected chi connectivity index (χ3v) is 6.65. The van der Waals surface area contributed by atoms with Crippen LogP contribution in [0.2, 0.25) is 0 Å². The highest BCUT2D eigenvalue weighted by molar-refractivity contribution is 7.86. The summed E-state index contributed by atoms with van der Waals surface area (Å²) in [5.74, 6) is 0. The first kappa shape index (κ1) is 12.9. The van der Waals surface area contributed by atoms with Crippen LogP contribution in [0, 0.1) is 5.16 Å². The lowest BCUT2D eigenvalue weighted by molar-refractivity contribution is 1.59. The van der Waals surface area contributed by atoms with Crippen molar-refractivity contribution in [2.45, 2.75) is 0 Å². The van der Waals surface area contributed by atoms with Crippen molar-refractivity contribution < 1.29 is 0 Å². The maximum Gasteiger partial charge on any atom is 0.0512 e. The molecule has 1 nitrogen and oxygen atoms in total. The van der Waals surface area contributed by atoms with Crippen LogP contribution in [-0.4, -0.2) is 0 Å². The number of nitrogens with one attached hydrogen (secondary N) is 1. The van der Waals surface area contributed by atoms with E-state index in [-0.39, 0.29) is 0 Å². The van der Waals surface area contributed by atoms with E-state index in [1.165, 1.54) is 0 Å². The molecule has 0 amide bonds. The molecule has 0 aliphatic carbocycles. The van der Waals surface area contributed by atoms with Crippen LogP contribution in [0.15, 0.2) is 91.0 Å². The minimum absolute atomic E-state index is 1.09. The topological polar surface area (TPSA) is 23.9 Å². The highest BCUT2D eigenvalue weighted by Gasteiger charge is 2.23. The van der Waals surface area contributed by atoms with Crippen molar-refractivity contribution in [3.8, 4) is 0 Å². The molecule has 20 heavy (non-hydrogen) atoms. The SMILES string of the molecule is N=P(c1ccccc1)(c1ccccc1)c1ccccc1. The van der Waals surface area contributed by atoms with Gasteiger partial charge in [-0.15, -0.1) is 0 Å². The highest BCUT2D eigenvalue weighted by atomic mass is 31.2. The first-order chi connectivity index (χ1) is 9.82. The Morgan fingerprint density at radius 1 is 0.450 bits per heavy atom. The van der Waals surface area contributed by atoms with Crippen LogP contribution in [0.1, 0.15) is 0 Å². The molecule has 3 aromatic rings. The van der Waals surface area contributed by atoms with E-state index in [4.69, 9.17) is 0 Å². The summed E-state index contributed by atoms with van der Waals surface area (Å²) in [6.45, 7) is 0. The van der Waals surface area contributed by atoms with Crippen molar-refractivity contribution in [2.24, 2.45) is 0 Å². The lowest BCUT2D eigenvalue weighted by Crippen LogP contribution is -2.24. The molecule has 0 spiro atoms. The van der Waals surface area contributed by atoms with Crippen LogP contribution < -0.4 is 15.9 Å². The van der Waals surface area contributed by atoms with Crippen LogP contribution in [0.4, 0.5) is 0 Å². The van der Waals surface area contributed by atoms with E-state index in [2.05, 4.69) is 36.4 Å². The fourth-order valence-electron chi connectivity index (χ4n) is 2.40. The normalized spacial score (nSPS) is 11.2. The van der Waals surface area contributed by atoms with Gasteiger partial charge < -0.3 is 5.16 Å². The van der Waals surface area contributed by atoms with Gasteiger partial charge in [0.25, 0.3) is 0 Å². The van der Waals surface area contributed by atoms with Crippen molar-refractivity contribution in [1.82, 2.24) is 0 Å². The average Bonchev–Trinajstić information content (AvgIpc) is 2.56. The number of hydrogen-bond acceptors (Lipinski definition) is 1. The molecule has 0 aliphatic rings. The summed E-state index contributed by atoms with van der Waals surface area (Å²) in [6.07, 6.45) is 0. The summed E-state index contributed by atoms with van der Waals surface area (Å²) in [7, 11) is -2.28. The molecule has 0 aliphatic heterocycles. The quantitative estimate of drug-likeness (QED) is 0.705. The van der Waals surface area contributed by atoms with Crippen LogP contribution in [0.3, 0.4) is 0 Å². The molecular formula is C18H16NP. The van der Waals surface area contributed by atoms with Gasteiger partial charge in [0.2, 0.25) is 0 Å². The fourth-order valence-corrected chi connectivity index (χ4v) is 5.15. The van der Waals surface area contributed by atoms with E-state index in [0.717, 1.165) is 15.9 Å². The van der Waals surface area contributed by atoms with Gasteiger partial charge in [-0.05, 0) is 15.9 Å². The van der Waals surface area contributed by atoms with Gasteiger partial charge in [-0.25, -0.2) is 0 Å². The van der Waals surface area contributed by atoms with E-state index in [1.807, 2.05) is 54.6 Å². The third kappa shape index (κ3) is 2.21. The van der Waals surface area contributed by atoms with Gasteiger partial charge in [0, 0.05) is 0 Å². The lowest BCUT2D eigenvalue weighted by atomic mass is 10.4. The summed E-state index contributed by atoms with van der Waals surface area (Å²) in [5, 5.41) is 12.5. The van der Waals surface area contributed by atoms with Crippen molar-refractivity contribution in [3.05, 3.63) is 91.0 Å². The molecule has 0 bridgehead atoms. The first-order valence-corrected chi connectivity index (χ1v) is 8.42. The Labute approximate surface area is 119 Å². The van der Waals surface area contributed by atoms with E-state index < -0.39 is 7.05 Å². The molecule has 98 valence electrons. The van der Waals surface area contributed by atoms with Crippen LogP contribution >= 0.6 is 7.05 Å². The zero-order chi connectivity index (χ0) is 13.8. The first-order valence-electron chi connectivity index (χ1n) is 6.63. The second kappa shape index (κ2) is 5.48. The molecule has 0 aromatic heterocycles. The van der Waals surface area contributed by atoms with Crippen LogP contribution in [-0.2, 0) is 0 Å². The number of rotatable bonds is 3. The Morgan fingerprint density at radius 3 is 0.950 bits per heavy atom. The van der Waals surface area contributed by atoms with Gasteiger partial charge in [-0.2, -0.15) is 0 Å². The molecule has 0 atom stereocenters. The number of benzene rings is 3. The molecular weight excluding hydrogens is 261 g/mol. The predicted molar refractivity (Wildman–Crippen MR) is 87.9 cm³/mol. The van der Waals surface area contributed by atoms with Gasteiger partial charge in [0.05, 0.1) is 7.05 Å². The molecule has 3 rings (SSSR count). The van der Waals surface area contributed by atoms with Gasteiger partial charge in [0.15, 0.2) is 0 Å². The van der Waals surface area contributed by atoms with E-state index >= 15 is 0 Å². The van der Waals surface area contributed by atoms with Gasteiger partial charge in [0.1, 0.15) is 0 Å². The summed E-state index contributed by atoms with van der Waals surface area (Å²) in [6, 6.07) is 30.5. The van der Waals surface area contributed by atoms with Gasteiger partial charge in [-0.1, -0.05) is 91.0 Å². The van der Waals surface area contributed by atoms with Crippen molar-refractivity contribution in [2.75, 3.05) is 0 Å². The monoisotopic (exact) mass is 277 g/mol. The Balaban J connectivity index is 2.27. The second-order valence-electron chi connectivity index (χ2n) is 4.68. The zero-order valence-electron chi connectivity index (χ0n) is 11.1. The van der Waals surface area contributed by atoms with E-state index in [9.17, 15) is 5.16 Å². The molecule has 0 heterocycles. The van der Waals surface area contributed by atoms with E-state index in [1.54, 1.807) is 0 Å². The molecule has 3 aromatic carbocycles. The Bertz CT molecular complexity index is 618. The molecule has 0 saturated carbocycles. The van der Waals surface area contributed by atoms with Crippen molar-refractivity contribution in [1.29, 1.82) is 5.16 Å². The molecule has 0 unspecified atom stereocenters. The molecule has 0 radical (unpaired) electrons. The largest absolute Gasteiger partial charge is 0.305 e. The standard InChI is InChI=1S/C18H16NP/c19-20(16-10-4-1-5-11-16,17-12-6-2-7-13-17)18-14-8-3-9-15-18/h1-15,19H. The van der Waals surface area contributed by atoms with Crippen molar-refractivity contribution in [3.63, 3.8) is 0 Å². The zero-order valence-corrected chi connectivity index (χ0v) is 12.0. The molecule has 0 fully saturated rings. The number of hydrogen-bond donors (Lipinski definition) is 1. The maximum absolute atomic E-state index is 9.25. The summed E-state index contributed by atoms with van der Waals surface area (Å²) < 4.78 is 0. The van der Waals surface area contributed by atoms with Gasteiger partial charge >= 0.3 is 0 Å². The second-order valence-corrected chi connectivity index (χ2v) is 7.57. The minimum atomic E-state index is -2.28. The molecule has 2 heteroatoms. The Hall–Kier alpha value is -2.11. The summed E-state index contributed by atoms with van der Waals surface area (Å²) in [4.78, 5) is 0. The molecule has 0 saturated heterocycles. The third-order valence-electron chi connectivity index (χ3n) is 3.43. The molecule has 1 N–H and O–H groups in total. The van der Waals surface area contributed by atoms with Crippen molar-refractivity contribution >= 4 is 23.0 Å². The smallest absolute Gasteiger partial charge is 0.0512 e.